The lowest BCUT2D eigenvalue weighted by Gasteiger charge is -1.97. The van der Waals surface area contributed by atoms with Gasteiger partial charge in [0.15, 0.2) is 0 Å². The Morgan fingerprint density at radius 3 is 2.73 bits per heavy atom. The highest BCUT2D eigenvalue weighted by Crippen LogP contribution is 2.07. The minimum absolute atomic E-state index is 0.137. The van der Waals surface area contributed by atoms with Gasteiger partial charge < -0.3 is 10.1 Å². The topological polar surface area (TPSA) is 48.9 Å². The Morgan fingerprint density at radius 2 is 2.00 bits per heavy atom. The minimum atomic E-state index is 0.137. The van der Waals surface area contributed by atoms with Gasteiger partial charge in [-0.1, -0.05) is 30.3 Å². The highest BCUT2D eigenvalue weighted by molar-refractivity contribution is 5.20. The molecule has 2 rings (SSSR count). The molecule has 0 saturated heterocycles. The van der Waals surface area contributed by atoms with Gasteiger partial charge >= 0.3 is 0 Å². The summed E-state index contributed by atoms with van der Waals surface area (Å²) in [4.78, 5) is 7.38. The highest BCUT2D eigenvalue weighted by atomic mass is 16.3. The Bertz CT molecular complexity index is 409. The van der Waals surface area contributed by atoms with Gasteiger partial charge in [-0.05, 0) is 5.56 Å². The fourth-order valence-corrected chi connectivity index (χ4v) is 1.54. The lowest BCUT2D eigenvalue weighted by molar-refractivity contribution is 0.297. The summed E-state index contributed by atoms with van der Waals surface area (Å²) in [5.41, 5.74) is 2.35. The van der Waals surface area contributed by atoms with E-state index in [1.54, 1.807) is 0 Å². The Morgan fingerprint density at radius 1 is 1.20 bits per heavy atom. The van der Waals surface area contributed by atoms with Gasteiger partial charge in [0.25, 0.3) is 0 Å². The molecule has 0 aliphatic carbocycles. The first-order valence-corrected chi connectivity index (χ1v) is 5.06. The normalized spacial score (nSPS) is 10.5. The van der Waals surface area contributed by atoms with Crippen molar-refractivity contribution in [2.24, 2.45) is 0 Å². The van der Waals surface area contributed by atoms with Crippen molar-refractivity contribution in [3.8, 4) is 0 Å². The van der Waals surface area contributed by atoms with Crippen molar-refractivity contribution in [3.63, 3.8) is 0 Å². The maximum Gasteiger partial charge on any atom is 0.108 e. The molecule has 0 bridgehead atoms. The van der Waals surface area contributed by atoms with Crippen molar-refractivity contribution >= 4 is 0 Å². The fourth-order valence-electron chi connectivity index (χ4n) is 1.54. The van der Waals surface area contributed by atoms with Crippen molar-refractivity contribution in [2.45, 2.75) is 12.8 Å². The number of hydrogen-bond donors (Lipinski definition) is 2. The third-order valence-corrected chi connectivity index (χ3v) is 2.27. The zero-order chi connectivity index (χ0) is 10.5. The summed E-state index contributed by atoms with van der Waals surface area (Å²) in [5.74, 6) is 0.850. The number of aliphatic hydroxyl groups is 1. The van der Waals surface area contributed by atoms with Crippen molar-refractivity contribution in [1.82, 2.24) is 9.97 Å². The lowest BCUT2D eigenvalue weighted by Crippen LogP contribution is -1.93. The van der Waals surface area contributed by atoms with E-state index in [0.29, 0.717) is 6.42 Å². The van der Waals surface area contributed by atoms with Gasteiger partial charge in [0, 0.05) is 24.7 Å². The average Bonchev–Trinajstić information content (AvgIpc) is 2.68. The molecule has 15 heavy (non-hydrogen) atoms. The smallest absolute Gasteiger partial charge is 0.108 e. The molecule has 0 saturated carbocycles. The molecule has 1 aromatic carbocycles. The molecule has 3 nitrogen and oxygen atoms in total. The van der Waals surface area contributed by atoms with E-state index in [4.69, 9.17) is 5.11 Å². The summed E-state index contributed by atoms with van der Waals surface area (Å²) in [5, 5.41) is 8.76. The largest absolute Gasteiger partial charge is 0.396 e. The molecule has 0 atom stereocenters. The van der Waals surface area contributed by atoms with Crippen LogP contribution in [0.25, 0.3) is 0 Å². The predicted molar refractivity (Wildman–Crippen MR) is 58.6 cm³/mol. The van der Waals surface area contributed by atoms with Crippen LogP contribution in [0.2, 0.25) is 0 Å². The molecule has 0 radical (unpaired) electrons. The van der Waals surface area contributed by atoms with Crippen LogP contribution in [0.1, 0.15) is 17.1 Å². The van der Waals surface area contributed by atoms with E-state index in [9.17, 15) is 0 Å². The molecule has 3 heteroatoms. The monoisotopic (exact) mass is 202 g/mol. The first-order chi connectivity index (χ1) is 7.38. The van der Waals surface area contributed by atoms with Crippen LogP contribution in [-0.2, 0) is 12.8 Å². The first-order valence-electron chi connectivity index (χ1n) is 5.06. The molecule has 2 N–H and O–H groups in total. The molecule has 0 amide bonds. The van der Waals surface area contributed by atoms with E-state index in [1.165, 1.54) is 5.56 Å². The number of hydrogen-bond acceptors (Lipinski definition) is 2. The number of imidazole rings is 1. The standard InChI is InChI=1S/C12H14N2O/c15-7-6-12-13-9-11(14-12)8-10-4-2-1-3-5-10/h1-5,9,15H,6-8H2,(H,13,14). The number of benzene rings is 1. The Kier molecular flexibility index (Phi) is 3.15. The van der Waals surface area contributed by atoms with E-state index in [1.807, 2.05) is 24.4 Å². The highest BCUT2D eigenvalue weighted by Gasteiger charge is 2.00. The predicted octanol–water partition coefficient (Wildman–Crippen LogP) is 1.54. The van der Waals surface area contributed by atoms with Gasteiger partial charge in [-0.25, -0.2) is 4.98 Å². The first kappa shape index (κ1) is 9.93. The van der Waals surface area contributed by atoms with Crippen LogP contribution in [0, 0.1) is 0 Å². The second-order valence-corrected chi connectivity index (χ2v) is 3.49. The molecule has 78 valence electrons. The third-order valence-electron chi connectivity index (χ3n) is 2.27. The number of nitrogens with one attached hydrogen (secondary N) is 1. The number of rotatable bonds is 4. The SMILES string of the molecule is OCCc1ncc(Cc2ccccc2)[nH]1. The Balaban J connectivity index is 2.05. The number of aromatic amines is 1. The summed E-state index contributed by atoms with van der Waals surface area (Å²) < 4.78 is 0. The molecule has 2 aromatic rings. The van der Waals surface area contributed by atoms with Gasteiger partial charge in [-0.15, -0.1) is 0 Å². The summed E-state index contributed by atoms with van der Waals surface area (Å²) in [6.45, 7) is 0.137. The third kappa shape index (κ3) is 2.67. The van der Waals surface area contributed by atoms with Crippen LogP contribution in [0.4, 0.5) is 0 Å². The second-order valence-electron chi connectivity index (χ2n) is 3.49. The number of aromatic nitrogens is 2. The van der Waals surface area contributed by atoms with Crippen LogP contribution in [-0.4, -0.2) is 21.7 Å². The van der Waals surface area contributed by atoms with E-state index in [0.717, 1.165) is 17.9 Å². The van der Waals surface area contributed by atoms with E-state index < -0.39 is 0 Å². The van der Waals surface area contributed by atoms with Crippen molar-refractivity contribution in [2.75, 3.05) is 6.61 Å². The molecule has 0 spiro atoms. The van der Waals surface area contributed by atoms with Crippen molar-refractivity contribution in [1.29, 1.82) is 0 Å². The van der Waals surface area contributed by atoms with Crippen LogP contribution >= 0.6 is 0 Å². The maximum atomic E-state index is 8.76. The molecule has 0 aliphatic heterocycles. The maximum absolute atomic E-state index is 8.76. The van der Waals surface area contributed by atoms with Crippen LogP contribution in [0.15, 0.2) is 36.5 Å². The Hall–Kier alpha value is -1.61. The average molecular weight is 202 g/mol. The quantitative estimate of drug-likeness (QED) is 0.790. The van der Waals surface area contributed by atoms with Crippen molar-refractivity contribution < 1.29 is 5.11 Å². The van der Waals surface area contributed by atoms with E-state index in [-0.39, 0.29) is 6.61 Å². The molecular weight excluding hydrogens is 188 g/mol. The summed E-state index contributed by atoms with van der Waals surface area (Å²) >= 11 is 0. The number of aliphatic hydroxyl groups excluding tert-OH is 1. The lowest BCUT2D eigenvalue weighted by atomic mass is 10.1. The van der Waals surface area contributed by atoms with Gasteiger partial charge in [-0.2, -0.15) is 0 Å². The number of H-pyrrole nitrogens is 1. The number of nitrogens with zero attached hydrogens (tertiary/aromatic N) is 1. The molecule has 1 heterocycles. The minimum Gasteiger partial charge on any atom is -0.396 e. The van der Waals surface area contributed by atoms with Gasteiger partial charge in [-0.3, -0.25) is 0 Å². The zero-order valence-corrected chi connectivity index (χ0v) is 8.48. The molecule has 0 fully saturated rings. The zero-order valence-electron chi connectivity index (χ0n) is 8.48. The summed E-state index contributed by atoms with van der Waals surface area (Å²) in [7, 11) is 0. The van der Waals surface area contributed by atoms with Gasteiger partial charge in [0.2, 0.25) is 0 Å². The van der Waals surface area contributed by atoms with Crippen LogP contribution < -0.4 is 0 Å². The summed E-state index contributed by atoms with van der Waals surface area (Å²) in [6, 6.07) is 10.2. The molecular formula is C12H14N2O. The van der Waals surface area contributed by atoms with Crippen LogP contribution in [0.3, 0.4) is 0 Å². The van der Waals surface area contributed by atoms with E-state index >= 15 is 0 Å². The molecule has 0 unspecified atom stereocenters. The Labute approximate surface area is 88.8 Å². The van der Waals surface area contributed by atoms with Gasteiger partial charge in [0.05, 0.1) is 6.61 Å². The van der Waals surface area contributed by atoms with Crippen LogP contribution in [0.5, 0.6) is 0 Å². The van der Waals surface area contributed by atoms with Gasteiger partial charge in [0.1, 0.15) is 5.82 Å². The molecule has 0 aliphatic rings. The summed E-state index contributed by atoms with van der Waals surface area (Å²) in [6.07, 6.45) is 3.28. The second kappa shape index (κ2) is 4.75. The molecule has 1 aromatic heterocycles. The van der Waals surface area contributed by atoms with E-state index in [2.05, 4.69) is 22.1 Å². The van der Waals surface area contributed by atoms with Crippen molar-refractivity contribution in [3.05, 3.63) is 53.6 Å². The fraction of sp³-hybridized carbons (Fsp3) is 0.250.